The van der Waals surface area contributed by atoms with Crippen molar-refractivity contribution in [2.45, 2.75) is 0 Å². The molecule has 2 heterocycles. The Labute approximate surface area is 150 Å². The molecule has 6 heteroatoms. The molecule has 4 rings (SSSR count). The molecule has 0 aliphatic rings. The average molecular weight is 350 g/mol. The van der Waals surface area contributed by atoms with Crippen LogP contribution >= 0.6 is 11.6 Å². The number of aromatic nitrogens is 3. The first kappa shape index (κ1) is 15.5. The molecule has 0 atom stereocenters. The second kappa shape index (κ2) is 6.11. The van der Waals surface area contributed by atoms with E-state index in [1.165, 1.54) is 0 Å². The Morgan fingerprint density at radius 1 is 1.12 bits per heavy atom. The van der Waals surface area contributed by atoms with E-state index in [0.717, 1.165) is 27.8 Å². The summed E-state index contributed by atoms with van der Waals surface area (Å²) in [7, 11) is 2.03. The van der Waals surface area contributed by atoms with Gasteiger partial charge in [-0.3, -0.25) is 0 Å². The van der Waals surface area contributed by atoms with Gasteiger partial charge in [-0.25, -0.2) is 9.97 Å². The van der Waals surface area contributed by atoms with Crippen LogP contribution in [0, 0.1) is 0 Å². The molecule has 2 aromatic heterocycles. The highest BCUT2D eigenvalue weighted by molar-refractivity contribution is 6.33. The molecule has 2 aromatic carbocycles. The number of halogens is 1. The van der Waals surface area contributed by atoms with Crippen LogP contribution in [0.25, 0.3) is 22.2 Å². The lowest BCUT2D eigenvalue weighted by Gasteiger charge is -2.07. The number of nitrogen functional groups attached to an aromatic ring is 1. The zero-order valence-corrected chi connectivity index (χ0v) is 14.3. The van der Waals surface area contributed by atoms with E-state index in [1.807, 2.05) is 31.3 Å². The normalized spacial score (nSPS) is 11.0. The lowest BCUT2D eigenvalue weighted by atomic mass is 10.1. The van der Waals surface area contributed by atoms with Crippen molar-refractivity contribution in [1.29, 1.82) is 0 Å². The number of nitrogens with one attached hydrogen (secondary N) is 1. The Hall–Kier alpha value is -3.05. The molecule has 0 saturated heterocycles. The van der Waals surface area contributed by atoms with Crippen molar-refractivity contribution in [3.05, 3.63) is 65.9 Å². The summed E-state index contributed by atoms with van der Waals surface area (Å²) in [5.74, 6) is 0.507. The fraction of sp³-hybridized carbons (Fsp3) is 0.0526. The molecule has 0 aliphatic carbocycles. The first-order valence-electron chi connectivity index (χ1n) is 7.81. The van der Waals surface area contributed by atoms with Crippen LogP contribution in [0.4, 0.5) is 17.3 Å². The molecule has 0 spiro atoms. The molecule has 0 bridgehead atoms. The summed E-state index contributed by atoms with van der Waals surface area (Å²) < 4.78 is 2.10. The van der Waals surface area contributed by atoms with Crippen molar-refractivity contribution < 1.29 is 0 Å². The second-order valence-corrected chi connectivity index (χ2v) is 6.20. The second-order valence-electron chi connectivity index (χ2n) is 5.80. The maximum Gasteiger partial charge on any atom is 0.227 e. The Morgan fingerprint density at radius 3 is 2.80 bits per heavy atom. The van der Waals surface area contributed by atoms with Crippen molar-refractivity contribution >= 4 is 39.8 Å². The molecule has 3 N–H and O–H groups in total. The van der Waals surface area contributed by atoms with Gasteiger partial charge in [0.05, 0.1) is 16.4 Å². The fourth-order valence-corrected chi connectivity index (χ4v) is 2.98. The lowest BCUT2D eigenvalue weighted by Crippen LogP contribution is -1.98. The van der Waals surface area contributed by atoms with Crippen molar-refractivity contribution in [3.8, 4) is 11.3 Å². The molecular formula is C19H16ClN5. The number of nitrogens with two attached hydrogens (primary N) is 1. The smallest absolute Gasteiger partial charge is 0.227 e. The SMILES string of the molecule is Cn1cc(-c2ccnc(Nc3ccc(Cl)c(N)c3)n2)c2ccccc21. The molecule has 0 aliphatic heterocycles. The Balaban J connectivity index is 1.72. The topological polar surface area (TPSA) is 68.8 Å². The zero-order chi connectivity index (χ0) is 17.4. The van der Waals surface area contributed by atoms with Crippen LogP contribution in [-0.4, -0.2) is 14.5 Å². The highest BCUT2D eigenvalue weighted by Crippen LogP contribution is 2.30. The van der Waals surface area contributed by atoms with Gasteiger partial charge in [0.2, 0.25) is 5.95 Å². The van der Waals surface area contributed by atoms with Gasteiger partial charge in [0.1, 0.15) is 0 Å². The minimum absolute atomic E-state index is 0.507. The third kappa shape index (κ3) is 2.90. The van der Waals surface area contributed by atoms with Gasteiger partial charge in [0.25, 0.3) is 0 Å². The van der Waals surface area contributed by atoms with E-state index in [4.69, 9.17) is 17.3 Å². The number of hydrogen-bond donors (Lipinski definition) is 2. The minimum Gasteiger partial charge on any atom is -0.397 e. The standard InChI is InChI=1S/C19H16ClN5/c1-25-11-14(13-4-2-3-5-18(13)25)17-8-9-22-19(24-17)23-12-6-7-15(20)16(21)10-12/h2-11H,21H2,1H3,(H,22,23,24). The van der Waals surface area contributed by atoms with Crippen LogP contribution < -0.4 is 11.1 Å². The van der Waals surface area contributed by atoms with Crippen molar-refractivity contribution in [3.63, 3.8) is 0 Å². The highest BCUT2D eigenvalue weighted by Gasteiger charge is 2.10. The molecule has 0 fully saturated rings. The van der Waals surface area contributed by atoms with Crippen LogP contribution in [0.15, 0.2) is 60.9 Å². The zero-order valence-electron chi connectivity index (χ0n) is 13.6. The van der Waals surface area contributed by atoms with E-state index in [1.54, 1.807) is 18.3 Å². The molecule has 4 aromatic rings. The van der Waals surface area contributed by atoms with Gasteiger partial charge in [-0.15, -0.1) is 0 Å². The summed E-state index contributed by atoms with van der Waals surface area (Å²) >= 11 is 5.96. The number of hydrogen-bond acceptors (Lipinski definition) is 4. The van der Waals surface area contributed by atoms with E-state index in [9.17, 15) is 0 Å². The summed E-state index contributed by atoms with van der Waals surface area (Å²) in [5.41, 5.74) is 10.2. The molecule has 0 radical (unpaired) electrons. The molecule has 124 valence electrons. The number of aryl methyl sites for hydroxylation is 1. The quantitative estimate of drug-likeness (QED) is 0.530. The average Bonchev–Trinajstić information content (AvgIpc) is 2.96. The minimum atomic E-state index is 0.507. The largest absolute Gasteiger partial charge is 0.397 e. The maximum atomic E-state index is 5.96. The number of benzene rings is 2. The van der Waals surface area contributed by atoms with Crippen molar-refractivity contribution in [2.75, 3.05) is 11.1 Å². The molecule has 25 heavy (non-hydrogen) atoms. The number of nitrogens with zero attached hydrogens (tertiary/aromatic N) is 3. The summed E-state index contributed by atoms with van der Waals surface area (Å²) in [5, 5.41) is 4.85. The molecule has 0 unspecified atom stereocenters. The molecular weight excluding hydrogens is 334 g/mol. The van der Waals surface area contributed by atoms with E-state index in [2.05, 4.69) is 38.2 Å². The highest BCUT2D eigenvalue weighted by atomic mass is 35.5. The first-order chi connectivity index (χ1) is 12.1. The van der Waals surface area contributed by atoms with Crippen LogP contribution in [0.5, 0.6) is 0 Å². The number of para-hydroxylation sites is 1. The third-order valence-corrected chi connectivity index (χ3v) is 4.42. The van der Waals surface area contributed by atoms with E-state index < -0.39 is 0 Å². The van der Waals surface area contributed by atoms with E-state index in [0.29, 0.717) is 16.7 Å². The summed E-state index contributed by atoms with van der Waals surface area (Å²) in [6.07, 6.45) is 3.82. The third-order valence-electron chi connectivity index (χ3n) is 4.08. The van der Waals surface area contributed by atoms with Crippen LogP contribution in [-0.2, 0) is 7.05 Å². The van der Waals surface area contributed by atoms with Gasteiger partial charge < -0.3 is 15.6 Å². The van der Waals surface area contributed by atoms with Crippen molar-refractivity contribution in [2.24, 2.45) is 7.05 Å². The molecule has 0 amide bonds. The maximum absolute atomic E-state index is 5.96. The summed E-state index contributed by atoms with van der Waals surface area (Å²) in [4.78, 5) is 8.94. The van der Waals surface area contributed by atoms with Crippen LogP contribution in [0.2, 0.25) is 5.02 Å². The van der Waals surface area contributed by atoms with Gasteiger partial charge in [-0.2, -0.15) is 0 Å². The Kier molecular flexibility index (Phi) is 3.78. The van der Waals surface area contributed by atoms with Gasteiger partial charge in [0.15, 0.2) is 0 Å². The number of anilines is 3. The van der Waals surface area contributed by atoms with Crippen LogP contribution in [0.1, 0.15) is 0 Å². The predicted molar refractivity (Wildman–Crippen MR) is 103 cm³/mol. The lowest BCUT2D eigenvalue weighted by molar-refractivity contribution is 0.969. The van der Waals surface area contributed by atoms with Crippen LogP contribution in [0.3, 0.4) is 0 Å². The number of fused-ring (bicyclic) bond motifs is 1. The Morgan fingerprint density at radius 2 is 1.96 bits per heavy atom. The van der Waals surface area contributed by atoms with Crippen molar-refractivity contribution in [1.82, 2.24) is 14.5 Å². The first-order valence-corrected chi connectivity index (χ1v) is 8.19. The monoisotopic (exact) mass is 349 g/mol. The van der Waals surface area contributed by atoms with Gasteiger partial charge >= 0.3 is 0 Å². The van der Waals surface area contributed by atoms with Gasteiger partial charge in [-0.1, -0.05) is 29.8 Å². The molecule has 5 nitrogen and oxygen atoms in total. The van der Waals surface area contributed by atoms with Gasteiger partial charge in [0, 0.05) is 41.6 Å². The predicted octanol–water partition coefficient (Wildman–Crippen LogP) is 4.61. The Bertz CT molecular complexity index is 1070. The fourth-order valence-electron chi connectivity index (χ4n) is 2.87. The summed E-state index contributed by atoms with van der Waals surface area (Å²) in [6, 6.07) is 15.5. The van der Waals surface area contributed by atoms with Gasteiger partial charge in [-0.05, 0) is 30.3 Å². The van der Waals surface area contributed by atoms with E-state index >= 15 is 0 Å². The number of rotatable bonds is 3. The van der Waals surface area contributed by atoms with E-state index in [-0.39, 0.29) is 0 Å². The summed E-state index contributed by atoms with van der Waals surface area (Å²) in [6.45, 7) is 0. The molecule has 0 saturated carbocycles.